The molecule has 0 saturated carbocycles. The maximum absolute atomic E-state index is 6.43. The second-order valence-electron chi connectivity index (χ2n) is 11.4. The molecule has 0 atom stereocenters. The number of nitrogens with zero attached hydrogens (tertiary/aromatic N) is 2. The van der Waals surface area contributed by atoms with E-state index in [-0.39, 0.29) is 5.92 Å². The average Bonchev–Trinajstić information content (AvgIpc) is 3.21. The third-order valence-corrected chi connectivity index (χ3v) is 12.1. The van der Waals surface area contributed by atoms with Crippen LogP contribution in [0.1, 0.15) is 36.7 Å². The van der Waals surface area contributed by atoms with Crippen molar-refractivity contribution in [3.63, 3.8) is 0 Å². The van der Waals surface area contributed by atoms with Gasteiger partial charge in [0.15, 0.2) is 0 Å². The Morgan fingerprint density at radius 2 is 1.56 bits per heavy atom. The molecule has 36 heavy (non-hydrogen) atoms. The Morgan fingerprint density at radius 3 is 2.31 bits per heavy atom. The summed E-state index contributed by atoms with van der Waals surface area (Å²) in [6.07, 6.45) is 0. The summed E-state index contributed by atoms with van der Waals surface area (Å²) in [6.45, 7) is 8.92. The zero-order valence-electron chi connectivity index (χ0n) is 22.2. The number of furan rings is 1. The molecule has 3 nitrogen and oxygen atoms in total. The fraction of sp³-hybridized carbons (Fsp3) is 0.250. The Morgan fingerprint density at radius 1 is 0.806 bits per heavy atom. The van der Waals surface area contributed by atoms with E-state index < -0.39 is 13.3 Å². The van der Waals surface area contributed by atoms with E-state index in [2.05, 4.69) is 93.5 Å². The van der Waals surface area contributed by atoms with Crippen molar-refractivity contribution in [3.8, 4) is 11.3 Å². The van der Waals surface area contributed by atoms with Gasteiger partial charge in [-0.3, -0.25) is 0 Å². The molecule has 0 unspecified atom stereocenters. The van der Waals surface area contributed by atoms with Gasteiger partial charge < -0.3 is 0 Å². The molecule has 180 valence electrons. The molecule has 0 aliphatic carbocycles. The van der Waals surface area contributed by atoms with Gasteiger partial charge in [-0.05, 0) is 0 Å². The maximum atomic E-state index is 6.43. The van der Waals surface area contributed by atoms with Gasteiger partial charge >= 0.3 is 215 Å². The van der Waals surface area contributed by atoms with Crippen molar-refractivity contribution in [3.05, 3.63) is 77.6 Å². The summed E-state index contributed by atoms with van der Waals surface area (Å²) < 4.78 is 8.01. The van der Waals surface area contributed by atoms with Crippen molar-refractivity contribution in [2.75, 3.05) is 0 Å². The van der Waals surface area contributed by atoms with Crippen molar-refractivity contribution in [2.24, 2.45) is 0 Å². The van der Waals surface area contributed by atoms with E-state index >= 15 is 0 Å². The number of rotatable bonds is 3. The van der Waals surface area contributed by atoms with Gasteiger partial charge in [-0.25, -0.2) is 0 Å². The monoisotopic (exact) mass is 534 g/mol. The topological polar surface area (TPSA) is 38.9 Å². The Balaban J connectivity index is 1.78. The Hall–Kier alpha value is -3.18. The molecule has 2 heterocycles. The third-order valence-electron chi connectivity index (χ3n) is 7.36. The van der Waals surface area contributed by atoms with Crippen LogP contribution in [0.4, 0.5) is 0 Å². The van der Waals surface area contributed by atoms with E-state index in [1.165, 1.54) is 21.9 Å². The van der Waals surface area contributed by atoms with Crippen molar-refractivity contribution in [1.82, 2.24) is 9.97 Å². The number of fused-ring (bicyclic) bond motifs is 6. The van der Waals surface area contributed by atoms with Gasteiger partial charge in [-0.2, -0.15) is 0 Å². The molecule has 0 saturated heterocycles. The van der Waals surface area contributed by atoms with Crippen LogP contribution in [0.15, 0.2) is 65.1 Å². The standard InChI is InChI=1S/C32H32GeN2O/c1-18(2)32-34-29(25-13-10-12-23-22-11-8-9-14-26(22)36-31(23)25)24-16-15-21-17-19(3)28(33(5,6)7)20(4)27(21)30(24)35-32/h8-18H,1-7H3. The van der Waals surface area contributed by atoms with E-state index in [1.807, 2.05) is 12.1 Å². The summed E-state index contributed by atoms with van der Waals surface area (Å²) >= 11 is -2.11. The first kappa shape index (κ1) is 23.2. The van der Waals surface area contributed by atoms with Crippen LogP contribution in [0.5, 0.6) is 0 Å². The molecule has 6 rings (SSSR count). The van der Waals surface area contributed by atoms with Gasteiger partial charge in [-0.1, -0.05) is 0 Å². The predicted octanol–water partition coefficient (Wildman–Crippen LogP) is 8.63. The molecule has 0 bridgehead atoms. The molecule has 0 aliphatic rings. The first-order valence-corrected chi connectivity index (χ1v) is 20.1. The van der Waals surface area contributed by atoms with E-state index in [0.29, 0.717) is 0 Å². The van der Waals surface area contributed by atoms with Gasteiger partial charge in [0.05, 0.1) is 0 Å². The van der Waals surface area contributed by atoms with Crippen LogP contribution >= 0.6 is 0 Å². The molecular formula is C32H32GeN2O. The molecule has 0 radical (unpaired) electrons. The van der Waals surface area contributed by atoms with Crippen LogP contribution in [0.3, 0.4) is 0 Å². The van der Waals surface area contributed by atoms with E-state index in [4.69, 9.17) is 14.4 Å². The number of hydrogen-bond donors (Lipinski definition) is 0. The number of benzene rings is 4. The normalized spacial score (nSPS) is 12.6. The van der Waals surface area contributed by atoms with Crippen LogP contribution in [0.2, 0.25) is 17.3 Å². The average molecular weight is 533 g/mol. The minimum atomic E-state index is -2.11. The molecule has 4 heteroatoms. The number of hydrogen-bond acceptors (Lipinski definition) is 3. The summed E-state index contributed by atoms with van der Waals surface area (Å²) in [5.74, 6) is 8.53. The van der Waals surface area contributed by atoms with Gasteiger partial charge in [0.1, 0.15) is 0 Å². The van der Waals surface area contributed by atoms with Crippen LogP contribution < -0.4 is 4.40 Å². The van der Waals surface area contributed by atoms with E-state index in [9.17, 15) is 0 Å². The van der Waals surface area contributed by atoms with Gasteiger partial charge in [-0.15, -0.1) is 0 Å². The summed E-state index contributed by atoms with van der Waals surface area (Å²) in [5.41, 5.74) is 7.63. The number of para-hydroxylation sites is 2. The Kier molecular flexibility index (Phi) is 5.27. The predicted molar refractivity (Wildman–Crippen MR) is 156 cm³/mol. The van der Waals surface area contributed by atoms with Crippen molar-refractivity contribution in [1.29, 1.82) is 0 Å². The molecule has 0 N–H and O–H groups in total. The molecule has 2 aromatic heterocycles. The van der Waals surface area contributed by atoms with Crippen LogP contribution in [-0.4, -0.2) is 23.2 Å². The first-order valence-electron chi connectivity index (χ1n) is 12.8. The fourth-order valence-electron chi connectivity index (χ4n) is 6.02. The fourth-order valence-corrected chi connectivity index (χ4v) is 11.3. The molecular weight excluding hydrogens is 501 g/mol. The second-order valence-corrected chi connectivity index (χ2v) is 21.9. The molecule has 0 spiro atoms. The number of aromatic nitrogens is 2. The van der Waals surface area contributed by atoms with Crippen LogP contribution in [-0.2, 0) is 0 Å². The Labute approximate surface area is 214 Å². The Bertz CT molecular complexity index is 1820. The molecule has 0 aliphatic heterocycles. The van der Waals surface area contributed by atoms with Crippen molar-refractivity contribution >= 4 is 61.3 Å². The van der Waals surface area contributed by atoms with Gasteiger partial charge in [0.2, 0.25) is 0 Å². The summed E-state index contributed by atoms with van der Waals surface area (Å²) in [6, 6.07) is 21.5. The first-order chi connectivity index (χ1) is 17.1. The molecule has 6 aromatic rings. The minimum absolute atomic E-state index is 0.212. The van der Waals surface area contributed by atoms with Crippen LogP contribution in [0.25, 0.3) is 54.9 Å². The number of aryl methyl sites for hydroxylation is 2. The summed E-state index contributed by atoms with van der Waals surface area (Å²) in [4.78, 5) is 10.4. The summed E-state index contributed by atoms with van der Waals surface area (Å²) in [7, 11) is 0. The van der Waals surface area contributed by atoms with Crippen molar-refractivity contribution in [2.45, 2.75) is 50.9 Å². The van der Waals surface area contributed by atoms with Gasteiger partial charge in [0, 0.05) is 0 Å². The molecule has 0 amide bonds. The zero-order valence-corrected chi connectivity index (χ0v) is 24.3. The van der Waals surface area contributed by atoms with E-state index in [1.54, 1.807) is 4.40 Å². The molecule has 4 aromatic carbocycles. The quantitative estimate of drug-likeness (QED) is 0.169. The van der Waals surface area contributed by atoms with Crippen molar-refractivity contribution < 1.29 is 4.42 Å². The zero-order chi connectivity index (χ0) is 25.4. The third kappa shape index (κ3) is 3.47. The summed E-state index contributed by atoms with van der Waals surface area (Å²) in [5, 5.41) is 5.87. The second kappa shape index (κ2) is 8.17. The van der Waals surface area contributed by atoms with Gasteiger partial charge in [0.25, 0.3) is 0 Å². The molecule has 0 fully saturated rings. The van der Waals surface area contributed by atoms with E-state index in [0.717, 1.165) is 49.9 Å². The van der Waals surface area contributed by atoms with Crippen LogP contribution in [0, 0.1) is 13.8 Å². The SMILES string of the molecule is Cc1cc2ccc3c(-c4cccc5c4oc4ccccc45)nc(C(C)C)nc3c2c(C)[c]1[Ge]([CH3])([CH3])[CH3].